The fourth-order valence-corrected chi connectivity index (χ4v) is 3.16. The summed E-state index contributed by atoms with van der Waals surface area (Å²) in [5, 5.41) is 14.1. The number of halogens is 2. The molecular weight excluding hydrogens is 406 g/mol. The number of ether oxygens (including phenoxy) is 1. The summed E-state index contributed by atoms with van der Waals surface area (Å²) in [4.78, 5) is 0.269. The first kappa shape index (κ1) is 21.4. The lowest BCUT2D eigenvalue weighted by Gasteiger charge is -2.11. The summed E-state index contributed by atoms with van der Waals surface area (Å²) in [6, 6.07) is 19.1. The molecule has 1 aromatic heterocycles. The van der Waals surface area contributed by atoms with Crippen molar-refractivity contribution in [3.63, 3.8) is 0 Å². The van der Waals surface area contributed by atoms with Crippen LogP contribution in [0.5, 0.6) is 5.75 Å². The molecule has 0 fully saturated rings. The second-order valence-corrected chi connectivity index (χ2v) is 6.80. The van der Waals surface area contributed by atoms with E-state index in [2.05, 4.69) is 17.0 Å². The predicted molar refractivity (Wildman–Crippen MR) is 117 cm³/mol. The quantitative estimate of drug-likeness (QED) is 0.227. The fourth-order valence-electron chi connectivity index (χ4n) is 2.84. The lowest BCUT2D eigenvalue weighted by Crippen LogP contribution is -2.38. The SMILES string of the molecule is CCc1ccc(C(O)=C(C(=S)Nc2ccc(OC(F)F)cc2)[n+]2ccccc2)cc1. The van der Waals surface area contributed by atoms with E-state index < -0.39 is 6.61 Å². The predicted octanol–water partition coefficient (Wildman–Crippen LogP) is 5.46. The summed E-state index contributed by atoms with van der Waals surface area (Å²) < 4.78 is 30.7. The normalized spacial score (nSPS) is 11.7. The van der Waals surface area contributed by atoms with E-state index in [1.807, 2.05) is 42.5 Å². The smallest absolute Gasteiger partial charge is 0.387 e. The standard InChI is InChI=1S/C23H20F2N2O2S/c1-2-16-6-8-17(9-7-16)21(28)20(27-14-4-3-5-15-27)22(30)26-18-10-12-19(13-11-18)29-23(24)25/h3-15,23H,2H2,1H3,(H-,26,28,30)/p+1. The van der Waals surface area contributed by atoms with Crippen LogP contribution < -0.4 is 14.6 Å². The highest BCUT2D eigenvalue weighted by atomic mass is 32.1. The minimum atomic E-state index is -2.88. The van der Waals surface area contributed by atoms with E-state index in [-0.39, 0.29) is 16.5 Å². The highest BCUT2D eigenvalue weighted by Crippen LogP contribution is 2.22. The van der Waals surface area contributed by atoms with Crippen LogP contribution in [0.15, 0.2) is 79.1 Å². The summed E-state index contributed by atoms with van der Waals surface area (Å²) in [7, 11) is 0. The average molecular weight is 427 g/mol. The number of aliphatic hydroxyl groups is 1. The van der Waals surface area contributed by atoms with Crippen molar-refractivity contribution >= 4 is 34.3 Å². The van der Waals surface area contributed by atoms with Crippen molar-refractivity contribution in [1.82, 2.24) is 0 Å². The van der Waals surface area contributed by atoms with Crippen LogP contribution in [0.3, 0.4) is 0 Å². The molecule has 0 bridgehead atoms. The van der Waals surface area contributed by atoms with Gasteiger partial charge in [0.25, 0.3) is 5.70 Å². The number of hydrogen-bond donors (Lipinski definition) is 2. The van der Waals surface area contributed by atoms with Crippen molar-refractivity contribution in [1.29, 1.82) is 0 Å². The Labute approximate surface area is 179 Å². The van der Waals surface area contributed by atoms with Crippen molar-refractivity contribution in [2.75, 3.05) is 5.32 Å². The monoisotopic (exact) mass is 427 g/mol. The molecule has 1 heterocycles. The molecule has 0 saturated heterocycles. The molecule has 0 saturated carbocycles. The van der Waals surface area contributed by atoms with Crippen molar-refractivity contribution in [3.05, 3.63) is 90.3 Å². The maximum atomic E-state index is 12.3. The molecular formula is C23H21F2N2O2S+. The van der Waals surface area contributed by atoms with Gasteiger partial charge in [0, 0.05) is 23.4 Å². The lowest BCUT2D eigenvalue weighted by molar-refractivity contribution is -0.575. The molecule has 0 spiro atoms. The third-order valence-electron chi connectivity index (χ3n) is 4.39. The minimum absolute atomic E-state index is 0.0176. The van der Waals surface area contributed by atoms with E-state index >= 15 is 0 Å². The first-order valence-corrected chi connectivity index (χ1v) is 9.74. The molecule has 4 nitrogen and oxygen atoms in total. The van der Waals surface area contributed by atoms with Crippen LogP contribution in [0.2, 0.25) is 0 Å². The Hall–Kier alpha value is -3.32. The van der Waals surface area contributed by atoms with Crippen LogP contribution in [-0.4, -0.2) is 16.7 Å². The van der Waals surface area contributed by atoms with Gasteiger partial charge in [-0.1, -0.05) is 49.5 Å². The molecule has 0 unspecified atom stereocenters. The number of aliphatic hydroxyl groups excluding tert-OH is 1. The zero-order chi connectivity index (χ0) is 21.5. The highest BCUT2D eigenvalue weighted by molar-refractivity contribution is 7.81. The molecule has 0 atom stereocenters. The summed E-state index contributed by atoms with van der Waals surface area (Å²) >= 11 is 5.57. The molecule has 3 aromatic rings. The van der Waals surface area contributed by atoms with E-state index in [0.717, 1.165) is 12.0 Å². The van der Waals surface area contributed by atoms with Crippen molar-refractivity contribution in [2.45, 2.75) is 20.0 Å². The molecule has 0 aliphatic heterocycles. The zero-order valence-electron chi connectivity index (χ0n) is 16.3. The van der Waals surface area contributed by atoms with Crippen LogP contribution in [0, 0.1) is 0 Å². The number of nitrogens with one attached hydrogen (secondary N) is 1. The molecule has 30 heavy (non-hydrogen) atoms. The molecule has 3 rings (SSSR count). The lowest BCUT2D eigenvalue weighted by atomic mass is 10.1. The zero-order valence-corrected chi connectivity index (χ0v) is 17.1. The van der Waals surface area contributed by atoms with Crippen LogP contribution in [0.25, 0.3) is 11.5 Å². The topological polar surface area (TPSA) is 45.4 Å². The Kier molecular flexibility index (Phi) is 7.08. The molecule has 154 valence electrons. The van der Waals surface area contributed by atoms with Crippen LogP contribution in [0.1, 0.15) is 18.1 Å². The van der Waals surface area contributed by atoms with Gasteiger partial charge in [0.2, 0.25) is 0 Å². The Bertz CT molecular complexity index is 1020. The average Bonchev–Trinajstić information content (AvgIpc) is 2.75. The molecule has 0 amide bonds. The summed E-state index contributed by atoms with van der Waals surface area (Å²) in [6.07, 6.45) is 4.45. The third-order valence-corrected chi connectivity index (χ3v) is 4.68. The number of alkyl halides is 2. The Morgan fingerprint density at radius 2 is 1.67 bits per heavy atom. The highest BCUT2D eigenvalue weighted by Gasteiger charge is 2.23. The number of hydrogen-bond acceptors (Lipinski definition) is 3. The van der Waals surface area contributed by atoms with Crippen molar-refractivity contribution in [3.8, 4) is 5.75 Å². The van der Waals surface area contributed by atoms with E-state index in [1.165, 1.54) is 12.1 Å². The Balaban J connectivity index is 1.93. The summed E-state index contributed by atoms with van der Waals surface area (Å²) in [5.41, 5.74) is 2.75. The van der Waals surface area contributed by atoms with Crippen LogP contribution in [0.4, 0.5) is 14.5 Å². The van der Waals surface area contributed by atoms with Gasteiger partial charge in [-0.25, -0.2) is 0 Å². The minimum Gasteiger partial charge on any atom is -0.502 e. The van der Waals surface area contributed by atoms with Crippen LogP contribution >= 0.6 is 12.2 Å². The largest absolute Gasteiger partial charge is 0.502 e. The third kappa shape index (κ3) is 5.39. The number of aromatic nitrogens is 1. The molecule has 2 aromatic carbocycles. The van der Waals surface area contributed by atoms with E-state index in [1.54, 1.807) is 29.1 Å². The number of pyridine rings is 1. The first-order chi connectivity index (χ1) is 14.5. The molecule has 0 radical (unpaired) electrons. The number of thiocarbonyl (C=S) groups is 1. The molecule has 0 aliphatic carbocycles. The van der Waals surface area contributed by atoms with Gasteiger partial charge in [-0.3, -0.25) is 0 Å². The van der Waals surface area contributed by atoms with Gasteiger partial charge in [-0.2, -0.15) is 13.3 Å². The van der Waals surface area contributed by atoms with Gasteiger partial charge in [-0.05, 0) is 36.2 Å². The molecule has 7 heteroatoms. The maximum absolute atomic E-state index is 12.3. The number of nitrogens with zero attached hydrogens (tertiary/aromatic N) is 1. The number of benzene rings is 2. The van der Waals surface area contributed by atoms with Gasteiger partial charge in [0.15, 0.2) is 23.1 Å². The number of rotatable bonds is 7. The second-order valence-electron chi connectivity index (χ2n) is 6.39. The van der Waals surface area contributed by atoms with Crippen molar-refractivity contribution < 1.29 is 23.2 Å². The van der Waals surface area contributed by atoms with Gasteiger partial charge in [0.1, 0.15) is 5.75 Å². The first-order valence-electron chi connectivity index (χ1n) is 9.33. The van der Waals surface area contributed by atoms with Gasteiger partial charge in [0.05, 0.1) is 0 Å². The van der Waals surface area contributed by atoms with Gasteiger partial charge < -0.3 is 15.2 Å². The van der Waals surface area contributed by atoms with Crippen LogP contribution in [-0.2, 0) is 6.42 Å². The Morgan fingerprint density at radius 3 is 2.23 bits per heavy atom. The van der Waals surface area contributed by atoms with E-state index in [4.69, 9.17) is 12.2 Å². The second kappa shape index (κ2) is 9.93. The van der Waals surface area contributed by atoms with E-state index in [9.17, 15) is 13.9 Å². The van der Waals surface area contributed by atoms with Crippen molar-refractivity contribution in [2.24, 2.45) is 0 Å². The fraction of sp³-hybridized carbons (Fsp3) is 0.130. The molecule has 0 aliphatic rings. The maximum Gasteiger partial charge on any atom is 0.387 e. The number of aryl methyl sites for hydroxylation is 1. The van der Waals surface area contributed by atoms with E-state index in [0.29, 0.717) is 16.9 Å². The Morgan fingerprint density at radius 1 is 1.03 bits per heavy atom. The summed E-state index contributed by atoms with van der Waals surface area (Å²) in [5.74, 6) is 0.0672. The van der Waals surface area contributed by atoms with Gasteiger partial charge >= 0.3 is 6.61 Å². The number of anilines is 1. The van der Waals surface area contributed by atoms with Gasteiger partial charge in [-0.15, -0.1) is 0 Å². The molecule has 2 N–H and O–H groups in total. The summed E-state index contributed by atoms with van der Waals surface area (Å²) in [6.45, 7) is -0.822.